The Morgan fingerprint density at radius 2 is 1.87 bits per heavy atom. The summed E-state index contributed by atoms with van der Waals surface area (Å²) in [5, 5.41) is 2.91. The lowest BCUT2D eigenvalue weighted by atomic mass is 10.3. The smallest absolute Gasteiger partial charge is 0.409 e. The number of carbonyl (C=O) groups is 2. The van der Waals surface area contributed by atoms with Crippen molar-refractivity contribution in [3.05, 3.63) is 18.0 Å². The molecule has 2 fully saturated rings. The van der Waals surface area contributed by atoms with E-state index >= 15 is 0 Å². The van der Waals surface area contributed by atoms with Gasteiger partial charge in [-0.3, -0.25) is 4.79 Å². The van der Waals surface area contributed by atoms with Gasteiger partial charge in [-0.15, -0.1) is 0 Å². The van der Waals surface area contributed by atoms with Gasteiger partial charge in [0.25, 0.3) is 5.91 Å². The molecule has 2 heterocycles. The van der Waals surface area contributed by atoms with Crippen LogP contribution in [0.2, 0.25) is 0 Å². The van der Waals surface area contributed by atoms with Gasteiger partial charge in [0.1, 0.15) is 0 Å². The van der Waals surface area contributed by atoms with E-state index in [1.54, 1.807) is 24.2 Å². The normalized spacial score (nSPS) is 17.8. The van der Waals surface area contributed by atoms with Crippen LogP contribution in [0.4, 0.5) is 10.7 Å². The average Bonchev–Trinajstić information content (AvgIpc) is 3.39. The third-order valence-electron chi connectivity index (χ3n) is 3.90. The molecule has 0 bridgehead atoms. The quantitative estimate of drug-likeness (QED) is 0.876. The van der Waals surface area contributed by atoms with Gasteiger partial charge in [0.05, 0.1) is 12.2 Å². The Kier molecular flexibility index (Phi) is 4.59. The highest BCUT2D eigenvalue weighted by molar-refractivity contribution is 5.94. The highest BCUT2D eigenvalue weighted by Gasteiger charge is 2.25. The van der Waals surface area contributed by atoms with Crippen molar-refractivity contribution in [3.63, 3.8) is 0 Å². The van der Waals surface area contributed by atoms with Crippen LogP contribution < -0.4 is 10.2 Å². The maximum atomic E-state index is 11.9. The SMILES string of the molecule is CCOC(=O)N1CCN(c2ncc(C(=O)NC3CC3)cn2)CC1. The fourth-order valence-electron chi connectivity index (χ4n) is 2.40. The predicted octanol–water partition coefficient (Wildman–Crippen LogP) is 0.647. The second-order valence-electron chi connectivity index (χ2n) is 5.69. The van der Waals surface area contributed by atoms with Gasteiger partial charge in [0, 0.05) is 44.6 Å². The van der Waals surface area contributed by atoms with Gasteiger partial charge in [-0.25, -0.2) is 14.8 Å². The van der Waals surface area contributed by atoms with E-state index in [2.05, 4.69) is 15.3 Å². The minimum atomic E-state index is -0.278. The zero-order valence-corrected chi connectivity index (χ0v) is 13.2. The van der Waals surface area contributed by atoms with E-state index < -0.39 is 0 Å². The molecule has 3 rings (SSSR count). The molecule has 0 unspecified atom stereocenters. The van der Waals surface area contributed by atoms with Gasteiger partial charge in [-0.05, 0) is 19.8 Å². The minimum Gasteiger partial charge on any atom is -0.450 e. The molecule has 124 valence electrons. The molecule has 1 saturated heterocycles. The summed E-state index contributed by atoms with van der Waals surface area (Å²) in [7, 11) is 0. The van der Waals surface area contributed by atoms with Gasteiger partial charge >= 0.3 is 6.09 Å². The van der Waals surface area contributed by atoms with Crippen molar-refractivity contribution in [1.29, 1.82) is 0 Å². The number of piperazine rings is 1. The lowest BCUT2D eigenvalue weighted by molar-refractivity contribution is 0.0949. The second-order valence-corrected chi connectivity index (χ2v) is 5.69. The van der Waals surface area contributed by atoms with Crippen LogP contribution >= 0.6 is 0 Å². The zero-order chi connectivity index (χ0) is 16.2. The number of aromatic nitrogens is 2. The van der Waals surface area contributed by atoms with Crippen LogP contribution in [0.15, 0.2) is 12.4 Å². The fraction of sp³-hybridized carbons (Fsp3) is 0.600. The molecule has 23 heavy (non-hydrogen) atoms. The highest BCUT2D eigenvalue weighted by Crippen LogP contribution is 2.19. The van der Waals surface area contributed by atoms with Gasteiger partial charge in [-0.1, -0.05) is 0 Å². The van der Waals surface area contributed by atoms with Crippen molar-refractivity contribution in [1.82, 2.24) is 20.2 Å². The number of nitrogens with one attached hydrogen (secondary N) is 1. The molecule has 1 aromatic rings. The third-order valence-corrected chi connectivity index (χ3v) is 3.90. The minimum absolute atomic E-state index is 0.119. The number of anilines is 1. The molecular formula is C15H21N5O3. The monoisotopic (exact) mass is 319 g/mol. The molecular weight excluding hydrogens is 298 g/mol. The van der Waals surface area contributed by atoms with Gasteiger partial charge in [-0.2, -0.15) is 0 Å². The Morgan fingerprint density at radius 3 is 2.43 bits per heavy atom. The number of nitrogens with zero attached hydrogens (tertiary/aromatic N) is 4. The molecule has 0 radical (unpaired) electrons. The highest BCUT2D eigenvalue weighted by atomic mass is 16.6. The van der Waals surface area contributed by atoms with Crippen molar-refractivity contribution in [2.24, 2.45) is 0 Å². The maximum absolute atomic E-state index is 11.9. The Bertz CT molecular complexity index is 565. The Labute approximate surface area is 134 Å². The summed E-state index contributed by atoms with van der Waals surface area (Å²) >= 11 is 0. The number of amides is 2. The van der Waals surface area contributed by atoms with E-state index in [-0.39, 0.29) is 12.0 Å². The van der Waals surface area contributed by atoms with Gasteiger partial charge in [0.2, 0.25) is 5.95 Å². The molecule has 8 nitrogen and oxygen atoms in total. The molecule has 1 saturated carbocycles. The second kappa shape index (κ2) is 6.80. The van der Waals surface area contributed by atoms with E-state index in [4.69, 9.17) is 4.74 Å². The van der Waals surface area contributed by atoms with Crippen LogP contribution in [-0.2, 0) is 4.74 Å². The van der Waals surface area contributed by atoms with Crippen LogP contribution in [0.3, 0.4) is 0 Å². The summed E-state index contributed by atoms with van der Waals surface area (Å²) in [6.45, 7) is 4.62. The van der Waals surface area contributed by atoms with Crippen LogP contribution in [0.5, 0.6) is 0 Å². The molecule has 1 aliphatic heterocycles. The summed E-state index contributed by atoms with van der Waals surface area (Å²) in [4.78, 5) is 35.8. The number of hydrogen-bond acceptors (Lipinski definition) is 6. The fourth-order valence-corrected chi connectivity index (χ4v) is 2.40. The summed E-state index contributed by atoms with van der Waals surface area (Å²) in [6, 6.07) is 0.318. The molecule has 0 spiro atoms. The standard InChI is InChI=1S/C15H21N5O3/c1-2-23-15(22)20-7-5-19(6-8-20)14-16-9-11(10-17-14)13(21)18-12-3-4-12/h9-10,12H,2-8H2,1H3,(H,18,21). The van der Waals surface area contributed by atoms with E-state index in [1.165, 1.54) is 0 Å². The predicted molar refractivity (Wildman–Crippen MR) is 83.3 cm³/mol. The van der Waals surface area contributed by atoms with E-state index in [0.717, 1.165) is 12.8 Å². The van der Waals surface area contributed by atoms with Crippen molar-refractivity contribution < 1.29 is 14.3 Å². The molecule has 0 atom stereocenters. The van der Waals surface area contributed by atoms with E-state index in [9.17, 15) is 9.59 Å². The zero-order valence-electron chi connectivity index (χ0n) is 13.2. The molecule has 1 N–H and O–H groups in total. The molecule has 1 aliphatic carbocycles. The Morgan fingerprint density at radius 1 is 1.22 bits per heavy atom. The maximum Gasteiger partial charge on any atom is 0.409 e. The first-order valence-electron chi connectivity index (χ1n) is 7.97. The summed E-state index contributed by atoms with van der Waals surface area (Å²) in [6.07, 6.45) is 4.93. The van der Waals surface area contributed by atoms with Gasteiger partial charge < -0.3 is 19.9 Å². The number of rotatable bonds is 4. The lowest BCUT2D eigenvalue weighted by Crippen LogP contribution is -2.49. The summed E-state index contributed by atoms with van der Waals surface area (Å²) in [5.74, 6) is 0.461. The summed E-state index contributed by atoms with van der Waals surface area (Å²) < 4.78 is 4.99. The molecule has 1 aromatic heterocycles. The molecule has 2 amide bonds. The van der Waals surface area contributed by atoms with Crippen molar-refractivity contribution >= 4 is 17.9 Å². The van der Waals surface area contributed by atoms with Crippen molar-refractivity contribution in [3.8, 4) is 0 Å². The van der Waals surface area contributed by atoms with Crippen LogP contribution in [0.1, 0.15) is 30.1 Å². The summed E-state index contributed by atoms with van der Waals surface area (Å²) in [5.41, 5.74) is 0.478. The van der Waals surface area contributed by atoms with Crippen molar-refractivity contribution in [2.75, 3.05) is 37.7 Å². The van der Waals surface area contributed by atoms with Gasteiger partial charge in [0.15, 0.2) is 0 Å². The van der Waals surface area contributed by atoms with Crippen LogP contribution in [0, 0.1) is 0 Å². The van der Waals surface area contributed by atoms with Crippen LogP contribution in [-0.4, -0.2) is 65.7 Å². The van der Waals surface area contributed by atoms with E-state index in [1.807, 2.05) is 4.90 Å². The first-order valence-corrected chi connectivity index (χ1v) is 7.97. The molecule has 2 aliphatic rings. The average molecular weight is 319 g/mol. The largest absolute Gasteiger partial charge is 0.450 e. The van der Waals surface area contributed by atoms with Crippen molar-refractivity contribution in [2.45, 2.75) is 25.8 Å². The van der Waals surface area contributed by atoms with Crippen LogP contribution in [0.25, 0.3) is 0 Å². The molecule has 0 aromatic carbocycles. The van der Waals surface area contributed by atoms with E-state index in [0.29, 0.717) is 50.3 Å². The number of ether oxygens (including phenoxy) is 1. The first kappa shape index (κ1) is 15.5. The number of carbonyl (C=O) groups excluding carboxylic acids is 2. The first-order chi connectivity index (χ1) is 11.2. The topological polar surface area (TPSA) is 87.7 Å². The Balaban J connectivity index is 1.54. The third kappa shape index (κ3) is 3.88. The Hall–Kier alpha value is -2.38. The molecule has 8 heteroatoms. The number of hydrogen-bond donors (Lipinski definition) is 1. The lowest BCUT2D eigenvalue weighted by Gasteiger charge is -2.33.